The lowest BCUT2D eigenvalue weighted by Crippen LogP contribution is -1.90. The molecule has 0 saturated carbocycles. The first-order valence-electron chi connectivity index (χ1n) is 6.41. The summed E-state index contributed by atoms with van der Waals surface area (Å²) in [6.07, 6.45) is 0. The van der Waals surface area contributed by atoms with Gasteiger partial charge in [-0.2, -0.15) is 0 Å². The van der Waals surface area contributed by atoms with Crippen LogP contribution in [0.2, 0.25) is 10.0 Å². The molecular formula is C15H12Cl2N2OS. The van der Waals surface area contributed by atoms with E-state index < -0.39 is 0 Å². The molecule has 1 aromatic heterocycles. The fourth-order valence-electron chi connectivity index (χ4n) is 1.91. The van der Waals surface area contributed by atoms with Crippen LogP contribution in [-0.2, 0) is 0 Å². The van der Waals surface area contributed by atoms with Crippen LogP contribution in [0, 0.1) is 0 Å². The first kappa shape index (κ1) is 14.4. The van der Waals surface area contributed by atoms with Gasteiger partial charge < -0.3 is 10.1 Å². The van der Waals surface area contributed by atoms with Crippen LogP contribution in [0.1, 0.15) is 6.92 Å². The number of ether oxygens (including phenoxy) is 1. The molecule has 3 rings (SSSR count). The van der Waals surface area contributed by atoms with Crippen LogP contribution in [0.5, 0.6) is 5.75 Å². The van der Waals surface area contributed by atoms with Gasteiger partial charge in [0.15, 0.2) is 5.13 Å². The molecule has 108 valence electrons. The van der Waals surface area contributed by atoms with Crippen LogP contribution in [0.4, 0.5) is 10.8 Å². The van der Waals surface area contributed by atoms with Crippen molar-refractivity contribution >= 4 is 55.6 Å². The molecule has 1 N–H and O–H groups in total. The van der Waals surface area contributed by atoms with Crippen LogP contribution in [-0.4, -0.2) is 11.6 Å². The summed E-state index contributed by atoms with van der Waals surface area (Å²) in [4.78, 5) is 4.54. The molecule has 0 radical (unpaired) electrons. The minimum atomic E-state index is 0.515. The molecule has 0 fully saturated rings. The van der Waals surface area contributed by atoms with E-state index in [2.05, 4.69) is 10.3 Å². The smallest absolute Gasteiger partial charge is 0.188 e. The van der Waals surface area contributed by atoms with Crippen molar-refractivity contribution in [3.05, 3.63) is 46.4 Å². The van der Waals surface area contributed by atoms with Crippen LogP contribution in [0.25, 0.3) is 10.2 Å². The highest BCUT2D eigenvalue weighted by Gasteiger charge is 2.06. The normalized spacial score (nSPS) is 10.8. The minimum absolute atomic E-state index is 0.515. The second kappa shape index (κ2) is 6.10. The summed E-state index contributed by atoms with van der Waals surface area (Å²) in [5.41, 5.74) is 1.79. The van der Waals surface area contributed by atoms with Crippen molar-refractivity contribution in [3.8, 4) is 5.75 Å². The quantitative estimate of drug-likeness (QED) is 0.657. The first-order chi connectivity index (χ1) is 10.2. The molecule has 3 nitrogen and oxygen atoms in total. The second-order valence-electron chi connectivity index (χ2n) is 4.34. The van der Waals surface area contributed by atoms with Crippen LogP contribution >= 0.6 is 34.5 Å². The van der Waals surface area contributed by atoms with Crippen molar-refractivity contribution in [2.24, 2.45) is 0 Å². The van der Waals surface area contributed by atoms with Gasteiger partial charge >= 0.3 is 0 Å². The van der Waals surface area contributed by atoms with E-state index in [1.165, 1.54) is 0 Å². The summed E-state index contributed by atoms with van der Waals surface area (Å²) in [6.45, 7) is 2.62. The number of hydrogen-bond acceptors (Lipinski definition) is 4. The first-order valence-corrected chi connectivity index (χ1v) is 7.98. The molecule has 0 unspecified atom stereocenters. The summed E-state index contributed by atoms with van der Waals surface area (Å²) >= 11 is 13.5. The SMILES string of the molecule is CCOc1ccc2nc(Nc3ccc(Cl)c(Cl)c3)sc2c1. The molecule has 0 atom stereocenters. The lowest BCUT2D eigenvalue weighted by Gasteiger charge is -2.03. The number of benzene rings is 2. The summed E-state index contributed by atoms with van der Waals surface area (Å²) in [7, 11) is 0. The Balaban J connectivity index is 1.88. The molecule has 2 aromatic carbocycles. The van der Waals surface area contributed by atoms with E-state index in [0.29, 0.717) is 16.7 Å². The Bertz CT molecular complexity index is 788. The highest BCUT2D eigenvalue weighted by atomic mass is 35.5. The average molecular weight is 339 g/mol. The zero-order valence-electron chi connectivity index (χ0n) is 11.2. The molecule has 6 heteroatoms. The van der Waals surface area contributed by atoms with Crippen LogP contribution < -0.4 is 10.1 Å². The Morgan fingerprint density at radius 1 is 1.14 bits per heavy atom. The zero-order valence-corrected chi connectivity index (χ0v) is 13.5. The lowest BCUT2D eigenvalue weighted by atomic mass is 10.3. The Morgan fingerprint density at radius 2 is 2.00 bits per heavy atom. The molecule has 0 aliphatic rings. The van der Waals surface area contributed by atoms with E-state index in [-0.39, 0.29) is 0 Å². The van der Waals surface area contributed by atoms with Crippen molar-refractivity contribution in [2.45, 2.75) is 6.92 Å². The predicted molar refractivity (Wildman–Crippen MR) is 90.5 cm³/mol. The van der Waals surface area contributed by atoms with Gasteiger partial charge in [0.25, 0.3) is 0 Å². The van der Waals surface area contributed by atoms with E-state index in [1.807, 2.05) is 31.2 Å². The Morgan fingerprint density at radius 3 is 2.76 bits per heavy atom. The van der Waals surface area contributed by atoms with Crippen molar-refractivity contribution in [1.82, 2.24) is 4.98 Å². The number of nitrogens with zero attached hydrogens (tertiary/aromatic N) is 1. The number of halogens is 2. The van der Waals surface area contributed by atoms with Gasteiger partial charge in [-0.05, 0) is 43.3 Å². The maximum absolute atomic E-state index is 6.01. The average Bonchev–Trinajstić information content (AvgIpc) is 2.85. The molecule has 0 saturated heterocycles. The van der Waals surface area contributed by atoms with Crippen molar-refractivity contribution < 1.29 is 4.74 Å². The fourth-order valence-corrected chi connectivity index (χ4v) is 3.12. The molecule has 1 heterocycles. The summed E-state index contributed by atoms with van der Waals surface area (Å²) in [5.74, 6) is 0.856. The zero-order chi connectivity index (χ0) is 14.8. The molecule has 0 aliphatic carbocycles. The number of rotatable bonds is 4. The third kappa shape index (κ3) is 3.23. The number of aromatic nitrogens is 1. The van der Waals surface area contributed by atoms with Crippen molar-refractivity contribution in [3.63, 3.8) is 0 Å². The van der Waals surface area contributed by atoms with Crippen LogP contribution in [0.15, 0.2) is 36.4 Å². The summed E-state index contributed by atoms with van der Waals surface area (Å²) in [5, 5.41) is 5.09. The van der Waals surface area contributed by atoms with Crippen LogP contribution in [0.3, 0.4) is 0 Å². The maximum Gasteiger partial charge on any atom is 0.188 e. The third-order valence-electron chi connectivity index (χ3n) is 2.84. The fraction of sp³-hybridized carbons (Fsp3) is 0.133. The Hall–Kier alpha value is -1.49. The van der Waals surface area contributed by atoms with Gasteiger partial charge in [0.1, 0.15) is 5.75 Å². The van der Waals surface area contributed by atoms with E-state index in [0.717, 1.165) is 26.8 Å². The molecule has 0 spiro atoms. The van der Waals surface area contributed by atoms with Gasteiger partial charge in [-0.1, -0.05) is 34.5 Å². The van der Waals surface area contributed by atoms with Gasteiger partial charge in [0, 0.05) is 5.69 Å². The third-order valence-corrected chi connectivity index (χ3v) is 4.51. The molecular weight excluding hydrogens is 327 g/mol. The number of fused-ring (bicyclic) bond motifs is 1. The van der Waals surface area contributed by atoms with Gasteiger partial charge in [-0.25, -0.2) is 4.98 Å². The monoisotopic (exact) mass is 338 g/mol. The summed E-state index contributed by atoms with van der Waals surface area (Å²) < 4.78 is 6.57. The topological polar surface area (TPSA) is 34.1 Å². The largest absolute Gasteiger partial charge is 0.494 e. The summed E-state index contributed by atoms with van der Waals surface area (Å²) in [6, 6.07) is 11.3. The number of nitrogens with one attached hydrogen (secondary N) is 1. The van der Waals surface area contributed by atoms with Crippen molar-refractivity contribution in [2.75, 3.05) is 11.9 Å². The number of anilines is 2. The lowest BCUT2D eigenvalue weighted by molar-refractivity contribution is 0.341. The Labute approximate surface area is 136 Å². The highest BCUT2D eigenvalue weighted by molar-refractivity contribution is 7.22. The van der Waals surface area contributed by atoms with Gasteiger partial charge in [0.05, 0.1) is 26.9 Å². The minimum Gasteiger partial charge on any atom is -0.494 e. The number of thiazole rings is 1. The van der Waals surface area contributed by atoms with Gasteiger partial charge in [0.2, 0.25) is 0 Å². The highest BCUT2D eigenvalue weighted by Crippen LogP contribution is 2.32. The second-order valence-corrected chi connectivity index (χ2v) is 6.18. The van der Waals surface area contributed by atoms with E-state index in [9.17, 15) is 0 Å². The van der Waals surface area contributed by atoms with Gasteiger partial charge in [-0.3, -0.25) is 0 Å². The molecule has 3 aromatic rings. The Kier molecular flexibility index (Phi) is 4.19. The van der Waals surface area contributed by atoms with Crippen molar-refractivity contribution in [1.29, 1.82) is 0 Å². The van der Waals surface area contributed by atoms with Gasteiger partial charge in [-0.15, -0.1) is 0 Å². The maximum atomic E-state index is 6.01. The molecule has 0 bridgehead atoms. The van der Waals surface area contributed by atoms with E-state index in [4.69, 9.17) is 27.9 Å². The standard InChI is InChI=1S/C15H12Cl2N2OS/c1-2-20-10-4-6-13-14(8-10)21-15(19-13)18-9-3-5-11(16)12(17)7-9/h3-8H,2H2,1H3,(H,18,19). The molecule has 0 aliphatic heterocycles. The van der Waals surface area contributed by atoms with E-state index >= 15 is 0 Å². The predicted octanol–water partition coefficient (Wildman–Crippen LogP) is 5.75. The number of hydrogen-bond donors (Lipinski definition) is 1. The molecule has 21 heavy (non-hydrogen) atoms. The van der Waals surface area contributed by atoms with E-state index in [1.54, 1.807) is 23.5 Å². The molecule has 0 amide bonds.